The van der Waals surface area contributed by atoms with Crippen LogP contribution in [0.3, 0.4) is 0 Å². The Morgan fingerprint density at radius 3 is 1.90 bits per heavy atom. The van der Waals surface area contributed by atoms with Crippen molar-refractivity contribution in [3.05, 3.63) is 0 Å². The van der Waals surface area contributed by atoms with Gasteiger partial charge in [0.1, 0.15) is 0 Å². The third-order valence-corrected chi connectivity index (χ3v) is 1.75. The van der Waals surface area contributed by atoms with Gasteiger partial charge in [-0.1, -0.05) is 0 Å². The number of hydrogen-bond donors (Lipinski definition) is 1. The molecule has 0 aromatic heterocycles. The molecule has 0 aromatic rings. The van der Waals surface area contributed by atoms with Crippen molar-refractivity contribution in [3.8, 4) is 0 Å². The summed E-state index contributed by atoms with van der Waals surface area (Å²) >= 11 is 0. The molecule has 0 unspecified atom stereocenters. The molecule has 0 atom stereocenters. The van der Waals surface area contributed by atoms with Crippen LogP contribution in [0.25, 0.3) is 0 Å². The summed E-state index contributed by atoms with van der Waals surface area (Å²) in [4.78, 5) is 8.63. The first-order valence-corrected chi connectivity index (χ1v) is 4.23. The molecule has 0 bridgehead atoms. The predicted octanol–water partition coefficient (Wildman–Crippen LogP) is -1.72. The van der Waals surface area contributed by atoms with Crippen LogP contribution in [-0.4, -0.2) is 18.1 Å². The van der Waals surface area contributed by atoms with Crippen LogP contribution < -0.4 is 51.4 Å². The van der Waals surface area contributed by atoms with E-state index in [2.05, 4.69) is 9.05 Å². The molecule has 6 heteroatoms. The second-order valence-corrected chi connectivity index (χ2v) is 2.76. The zero-order valence-electron chi connectivity index (χ0n) is 7.53. The summed E-state index contributed by atoms with van der Waals surface area (Å²) in [6, 6.07) is 0. The van der Waals surface area contributed by atoms with E-state index in [1.165, 1.54) is 0 Å². The molecule has 0 saturated heterocycles. The Hall–Kier alpha value is 1.75. The molecule has 0 saturated carbocycles. The Bertz CT molecular complexity index is 113. The summed E-state index contributed by atoms with van der Waals surface area (Å²) in [5.41, 5.74) is 0. The maximum atomic E-state index is 10.5. The monoisotopic (exact) mass is 194 g/mol. The van der Waals surface area contributed by atoms with E-state index in [-0.39, 0.29) is 66.0 Å². The average Bonchev–Trinajstić information content (AvgIpc) is 1.64. The summed E-state index contributed by atoms with van der Waals surface area (Å²) < 4.78 is 19.2. The summed E-state index contributed by atoms with van der Waals surface area (Å²) in [6.45, 7) is 3.63. The van der Waals surface area contributed by atoms with E-state index in [9.17, 15) is 4.57 Å². The molecule has 0 heterocycles. The van der Waals surface area contributed by atoms with Crippen LogP contribution in [0, 0.1) is 0 Å². The molecule has 0 aliphatic heterocycles. The second-order valence-electron chi connectivity index (χ2n) is 1.30. The summed E-state index contributed by atoms with van der Waals surface area (Å²) in [7, 11) is -3.69. The molecular weight excluding hydrogens is 182 g/mol. The Morgan fingerprint density at radius 2 is 1.70 bits per heavy atom. The fourth-order valence-corrected chi connectivity index (χ4v) is 1.09. The standard InChI is InChI=1S/C4H11O4P.K.H/c1-3-7-9(5,6)8-4-2;;/h3-4H2,1-2H3,(H,5,6);;/q;+1;-1. The molecule has 1 N–H and O–H groups in total. The second kappa shape index (κ2) is 7.40. The molecule has 58 valence electrons. The molecule has 0 aromatic carbocycles. The van der Waals surface area contributed by atoms with Gasteiger partial charge < -0.3 is 6.32 Å². The molecule has 0 rings (SSSR count). The topological polar surface area (TPSA) is 55.8 Å². The Balaban J connectivity index is -0.000000320. The molecule has 4 nitrogen and oxygen atoms in total. The Morgan fingerprint density at radius 1 is 1.40 bits per heavy atom. The van der Waals surface area contributed by atoms with Crippen molar-refractivity contribution in [2.45, 2.75) is 13.8 Å². The van der Waals surface area contributed by atoms with Crippen molar-refractivity contribution in [2.75, 3.05) is 13.2 Å². The van der Waals surface area contributed by atoms with Crippen molar-refractivity contribution in [2.24, 2.45) is 0 Å². The first-order chi connectivity index (χ1) is 4.12. The maximum absolute atomic E-state index is 10.5. The van der Waals surface area contributed by atoms with E-state index in [0.29, 0.717) is 0 Å². The quantitative estimate of drug-likeness (QED) is 0.427. The summed E-state index contributed by atoms with van der Waals surface area (Å²) in [5, 5.41) is 0. The average molecular weight is 194 g/mol. The van der Waals surface area contributed by atoms with Crippen LogP contribution >= 0.6 is 7.82 Å². The minimum atomic E-state index is -3.69. The normalized spacial score (nSPS) is 10.7. The van der Waals surface area contributed by atoms with Crippen LogP contribution in [0.4, 0.5) is 0 Å². The fourth-order valence-electron chi connectivity index (χ4n) is 0.364. The molecule has 0 radical (unpaired) electrons. The van der Waals surface area contributed by atoms with Gasteiger partial charge in [-0.25, -0.2) is 4.57 Å². The van der Waals surface area contributed by atoms with Gasteiger partial charge in [-0.05, 0) is 13.8 Å². The summed E-state index contributed by atoms with van der Waals surface area (Å²) in [5.74, 6) is 0. The van der Waals surface area contributed by atoms with E-state index in [1.54, 1.807) is 13.8 Å². The minimum Gasteiger partial charge on any atom is -1.00 e. The first-order valence-electron chi connectivity index (χ1n) is 2.74. The van der Waals surface area contributed by atoms with Gasteiger partial charge in [0.15, 0.2) is 0 Å². The molecule has 0 aliphatic rings. The van der Waals surface area contributed by atoms with Gasteiger partial charge in [0.25, 0.3) is 0 Å². The van der Waals surface area contributed by atoms with Crippen LogP contribution in [-0.2, 0) is 13.6 Å². The number of phosphoric acid groups is 1. The molecule has 10 heavy (non-hydrogen) atoms. The van der Waals surface area contributed by atoms with Crippen molar-refractivity contribution < 1.29 is 71.3 Å². The zero-order valence-corrected chi connectivity index (χ0v) is 10.6. The van der Waals surface area contributed by atoms with Gasteiger partial charge in [-0.2, -0.15) is 0 Å². The van der Waals surface area contributed by atoms with Crippen LogP contribution in [0.2, 0.25) is 0 Å². The zero-order chi connectivity index (χ0) is 7.33. The van der Waals surface area contributed by atoms with Crippen LogP contribution in [0.5, 0.6) is 0 Å². The Kier molecular flexibility index (Phi) is 10.6. The number of rotatable bonds is 4. The molecule has 0 amide bonds. The number of phosphoric ester groups is 1. The van der Waals surface area contributed by atoms with Crippen molar-refractivity contribution in [1.29, 1.82) is 0 Å². The molecular formula is C4H12KO4P. The van der Waals surface area contributed by atoms with Gasteiger partial charge in [0, 0.05) is 0 Å². The largest absolute Gasteiger partial charge is 1.00 e. The first kappa shape index (κ1) is 14.3. The van der Waals surface area contributed by atoms with E-state index in [4.69, 9.17) is 4.89 Å². The van der Waals surface area contributed by atoms with Crippen LogP contribution in [0.1, 0.15) is 15.3 Å². The predicted molar refractivity (Wildman–Crippen MR) is 34.2 cm³/mol. The molecule has 0 fully saturated rings. The van der Waals surface area contributed by atoms with Crippen molar-refractivity contribution in [3.63, 3.8) is 0 Å². The van der Waals surface area contributed by atoms with Crippen molar-refractivity contribution >= 4 is 7.82 Å². The minimum absolute atomic E-state index is 0. The fraction of sp³-hybridized carbons (Fsp3) is 1.00. The Labute approximate surface area is 105 Å². The van der Waals surface area contributed by atoms with Crippen molar-refractivity contribution in [1.82, 2.24) is 0 Å². The molecule has 0 spiro atoms. The van der Waals surface area contributed by atoms with Gasteiger partial charge in [-0.15, -0.1) is 0 Å². The van der Waals surface area contributed by atoms with Gasteiger partial charge in [0.05, 0.1) is 13.2 Å². The van der Waals surface area contributed by atoms with E-state index in [0.717, 1.165) is 0 Å². The van der Waals surface area contributed by atoms with Gasteiger partial charge in [0.2, 0.25) is 0 Å². The van der Waals surface area contributed by atoms with E-state index in [1.807, 2.05) is 0 Å². The van der Waals surface area contributed by atoms with Gasteiger partial charge >= 0.3 is 59.2 Å². The van der Waals surface area contributed by atoms with E-state index < -0.39 is 7.82 Å². The smallest absolute Gasteiger partial charge is 1.00 e. The summed E-state index contributed by atoms with van der Waals surface area (Å²) in [6.07, 6.45) is 0. The van der Waals surface area contributed by atoms with Gasteiger partial charge in [-0.3, -0.25) is 9.05 Å². The van der Waals surface area contributed by atoms with E-state index >= 15 is 0 Å². The van der Waals surface area contributed by atoms with Crippen LogP contribution in [0.15, 0.2) is 0 Å². The maximum Gasteiger partial charge on any atom is 1.00 e. The SMILES string of the molecule is CCOP(=O)(O)OCC.[H-].[K+]. The third kappa shape index (κ3) is 7.85. The number of hydrogen-bond acceptors (Lipinski definition) is 3. The third-order valence-electron chi connectivity index (χ3n) is 0.584. The molecule has 0 aliphatic carbocycles.